The third-order valence-corrected chi connectivity index (χ3v) is 3.68. The lowest BCUT2D eigenvalue weighted by Gasteiger charge is -2.19. The first-order chi connectivity index (χ1) is 8.13. The number of hydrogen-bond donors (Lipinski definition) is 1. The fraction of sp³-hybridized carbons (Fsp3) is 0.600. The zero-order valence-corrected chi connectivity index (χ0v) is 11.3. The molecule has 1 heterocycles. The molecule has 2 rings (SSSR count). The van der Waals surface area contributed by atoms with Crippen molar-refractivity contribution in [2.24, 2.45) is 0 Å². The van der Waals surface area contributed by atoms with Crippen LogP contribution < -0.4 is 10.1 Å². The van der Waals surface area contributed by atoms with Gasteiger partial charge in [0, 0.05) is 6.04 Å². The first-order valence-corrected chi connectivity index (χ1v) is 6.55. The van der Waals surface area contributed by atoms with Crippen LogP contribution in [0.4, 0.5) is 0 Å². The van der Waals surface area contributed by atoms with Gasteiger partial charge in [0.25, 0.3) is 0 Å². The number of aryl methyl sites for hydroxylation is 1. The molecule has 1 aliphatic rings. The summed E-state index contributed by atoms with van der Waals surface area (Å²) in [6, 6.07) is 5.06. The standard InChI is InChI=1S/C15H23NO/c1-10(2)12-9-13(14-6-5-7-16-14)11(3)8-15(12)17-4/h8-10,14,16H,5-7H2,1-4H3. The van der Waals surface area contributed by atoms with Crippen LogP contribution in [0.15, 0.2) is 12.1 Å². The van der Waals surface area contributed by atoms with Crippen molar-refractivity contribution in [1.82, 2.24) is 5.32 Å². The summed E-state index contributed by atoms with van der Waals surface area (Å²) in [4.78, 5) is 0. The van der Waals surface area contributed by atoms with Crippen LogP contribution in [-0.2, 0) is 0 Å². The lowest BCUT2D eigenvalue weighted by atomic mass is 9.92. The Labute approximate surface area is 104 Å². The Morgan fingerprint density at radius 1 is 1.35 bits per heavy atom. The van der Waals surface area contributed by atoms with E-state index in [1.165, 1.54) is 29.5 Å². The molecule has 0 amide bonds. The summed E-state index contributed by atoms with van der Waals surface area (Å²) in [6.45, 7) is 7.77. The van der Waals surface area contributed by atoms with Crippen LogP contribution in [0.2, 0.25) is 0 Å². The molecule has 94 valence electrons. The van der Waals surface area contributed by atoms with Crippen LogP contribution in [0.3, 0.4) is 0 Å². The summed E-state index contributed by atoms with van der Waals surface area (Å²) >= 11 is 0. The predicted octanol–water partition coefficient (Wildman–Crippen LogP) is 3.55. The molecule has 1 aliphatic heterocycles. The van der Waals surface area contributed by atoms with E-state index in [1.54, 1.807) is 7.11 Å². The van der Waals surface area contributed by atoms with Gasteiger partial charge in [-0.2, -0.15) is 0 Å². The molecule has 0 aromatic heterocycles. The van der Waals surface area contributed by atoms with Gasteiger partial charge in [-0.05, 0) is 55.0 Å². The van der Waals surface area contributed by atoms with Crippen LogP contribution >= 0.6 is 0 Å². The quantitative estimate of drug-likeness (QED) is 0.862. The smallest absolute Gasteiger partial charge is 0.122 e. The van der Waals surface area contributed by atoms with Gasteiger partial charge in [0.05, 0.1) is 7.11 Å². The highest BCUT2D eigenvalue weighted by Crippen LogP contribution is 2.34. The topological polar surface area (TPSA) is 21.3 Å². The van der Waals surface area contributed by atoms with Crippen LogP contribution in [0.1, 0.15) is 55.3 Å². The SMILES string of the molecule is COc1cc(C)c(C2CCCN2)cc1C(C)C. The predicted molar refractivity (Wildman–Crippen MR) is 71.8 cm³/mol. The lowest BCUT2D eigenvalue weighted by molar-refractivity contribution is 0.406. The van der Waals surface area contributed by atoms with Gasteiger partial charge in [0.1, 0.15) is 5.75 Å². The van der Waals surface area contributed by atoms with Crippen LogP contribution in [0, 0.1) is 6.92 Å². The molecule has 0 aliphatic carbocycles. The van der Waals surface area contributed by atoms with Crippen molar-refractivity contribution in [3.05, 3.63) is 28.8 Å². The summed E-state index contributed by atoms with van der Waals surface area (Å²) in [7, 11) is 1.76. The molecule has 0 bridgehead atoms. The molecule has 0 radical (unpaired) electrons. The number of methoxy groups -OCH3 is 1. The van der Waals surface area contributed by atoms with E-state index in [0.717, 1.165) is 12.3 Å². The van der Waals surface area contributed by atoms with E-state index < -0.39 is 0 Å². The van der Waals surface area contributed by atoms with E-state index in [1.807, 2.05) is 0 Å². The maximum atomic E-state index is 5.48. The Hall–Kier alpha value is -1.02. The van der Waals surface area contributed by atoms with Gasteiger partial charge in [-0.1, -0.05) is 19.9 Å². The molecule has 1 saturated heterocycles. The highest BCUT2D eigenvalue weighted by molar-refractivity contribution is 5.45. The highest BCUT2D eigenvalue weighted by atomic mass is 16.5. The molecule has 2 heteroatoms. The maximum absolute atomic E-state index is 5.48. The second-order valence-corrected chi connectivity index (χ2v) is 5.25. The molecule has 1 fully saturated rings. The molecular formula is C15H23NO. The number of benzene rings is 1. The normalized spacial score (nSPS) is 19.9. The number of nitrogens with one attached hydrogen (secondary N) is 1. The molecule has 2 nitrogen and oxygen atoms in total. The molecule has 0 spiro atoms. The number of ether oxygens (including phenoxy) is 1. The second kappa shape index (κ2) is 5.09. The molecule has 1 atom stereocenters. The Bertz CT molecular complexity index is 392. The van der Waals surface area contributed by atoms with Crippen molar-refractivity contribution < 1.29 is 4.74 Å². The third kappa shape index (κ3) is 2.47. The van der Waals surface area contributed by atoms with Crippen molar-refractivity contribution >= 4 is 0 Å². The van der Waals surface area contributed by atoms with Gasteiger partial charge in [-0.15, -0.1) is 0 Å². The number of rotatable bonds is 3. The summed E-state index contributed by atoms with van der Waals surface area (Å²) in [5.41, 5.74) is 4.11. The first kappa shape index (κ1) is 12.4. The Kier molecular flexibility index (Phi) is 3.72. The minimum Gasteiger partial charge on any atom is -0.496 e. The van der Waals surface area contributed by atoms with Crippen molar-refractivity contribution in [3.63, 3.8) is 0 Å². The first-order valence-electron chi connectivity index (χ1n) is 6.55. The minimum absolute atomic E-state index is 0.505. The Balaban J connectivity index is 2.42. The lowest BCUT2D eigenvalue weighted by Crippen LogP contribution is -2.14. The molecule has 1 unspecified atom stereocenters. The maximum Gasteiger partial charge on any atom is 0.122 e. The Morgan fingerprint density at radius 2 is 2.12 bits per heavy atom. The van der Waals surface area contributed by atoms with E-state index in [4.69, 9.17) is 4.74 Å². The third-order valence-electron chi connectivity index (χ3n) is 3.68. The van der Waals surface area contributed by atoms with Gasteiger partial charge >= 0.3 is 0 Å². The van der Waals surface area contributed by atoms with Crippen molar-refractivity contribution in [1.29, 1.82) is 0 Å². The van der Waals surface area contributed by atoms with Crippen molar-refractivity contribution in [2.75, 3.05) is 13.7 Å². The van der Waals surface area contributed by atoms with Crippen LogP contribution in [-0.4, -0.2) is 13.7 Å². The summed E-state index contributed by atoms with van der Waals surface area (Å²) in [5, 5.41) is 3.58. The van der Waals surface area contributed by atoms with Gasteiger partial charge in [0.2, 0.25) is 0 Å². The molecule has 1 aromatic carbocycles. The fourth-order valence-corrected chi connectivity index (χ4v) is 2.67. The monoisotopic (exact) mass is 233 g/mol. The zero-order valence-electron chi connectivity index (χ0n) is 11.3. The molecule has 0 saturated carbocycles. The number of hydrogen-bond acceptors (Lipinski definition) is 2. The summed E-state index contributed by atoms with van der Waals surface area (Å²) in [5.74, 6) is 1.53. The largest absolute Gasteiger partial charge is 0.496 e. The minimum atomic E-state index is 0.505. The van der Waals surface area contributed by atoms with Crippen molar-refractivity contribution in [3.8, 4) is 5.75 Å². The van der Waals surface area contributed by atoms with Crippen molar-refractivity contribution in [2.45, 2.75) is 45.6 Å². The van der Waals surface area contributed by atoms with E-state index in [9.17, 15) is 0 Å². The highest BCUT2D eigenvalue weighted by Gasteiger charge is 2.20. The summed E-state index contributed by atoms with van der Waals surface area (Å²) in [6.07, 6.45) is 2.54. The average molecular weight is 233 g/mol. The molecule has 1 N–H and O–H groups in total. The fourth-order valence-electron chi connectivity index (χ4n) is 2.67. The molecular weight excluding hydrogens is 210 g/mol. The van der Waals surface area contributed by atoms with Crippen LogP contribution in [0.5, 0.6) is 5.75 Å². The van der Waals surface area contributed by atoms with Gasteiger partial charge in [-0.25, -0.2) is 0 Å². The van der Waals surface area contributed by atoms with E-state index in [-0.39, 0.29) is 0 Å². The van der Waals surface area contributed by atoms with Gasteiger partial charge in [-0.3, -0.25) is 0 Å². The van der Waals surface area contributed by atoms with E-state index >= 15 is 0 Å². The molecule has 17 heavy (non-hydrogen) atoms. The zero-order chi connectivity index (χ0) is 12.4. The second-order valence-electron chi connectivity index (χ2n) is 5.25. The van der Waals surface area contributed by atoms with Gasteiger partial charge < -0.3 is 10.1 Å². The van der Waals surface area contributed by atoms with E-state index in [0.29, 0.717) is 12.0 Å². The Morgan fingerprint density at radius 3 is 2.65 bits per heavy atom. The van der Waals surface area contributed by atoms with Gasteiger partial charge in [0.15, 0.2) is 0 Å². The average Bonchev–Trinajstić information content (AvgIpc) is 2.81. The summed E-state index contributed by atoms with van der Waals surface area (Å²) < 4.78 is 5.48. The van der Waals surface area contributed by atoms with E-state index in [2.05, 4.69) is 38.2 Å². The molecule has 1 aromatic rings. The van der Waals surface area contributed by atoms with Crippen LogP contribution in [0.25, 0.3) is 0 Å².